The van der Waals surface area contributed by atoms with Gasteiger partial charge in [-0.05, 0) is 49.1 Å². The third-order valence-electron chi connectivity index (χ3n) is 5.39. The number of aromatic nitrogens is 3. The molecule has 2 N–H and O–H groups in total. The molecule has 1 aliphatic heterocycles. The van der Waals surface area contributed by atoms with E-state index in [0.29, 0.717) is 5.92 Å². The molecule has 2 aromatic heterocycles. The van der Waals surface area contributed by atoms with Crippen molar-refractivity contribution in [3.05, 3.63) is 48.0 Å². The van der Waals surface area contributed by atoms with Gasteiger partial charge in [-0.1, -0.05) is 32.5 Å². The van der Waals surface area contributed by atoms with E-state index in [4.69, 9.17) is 15.5 Å². The number of hydrogen-bond acceptors (Lipinski definition) is 5. The summed E-state index contributed by atoms with van der Waals surface area (Å²) in [4.78, 5) is 22.4. The highest BCUT2D eigenvalue weighted by Crippen LogP contribution is 2.33. The highest BCUT2D eigenvalue weighted by molar-refractivity contribution is 7.99. The van der Waals surface area contributed by atoms with Crippen LogP contribution in [0.25, 0.3) is 11.0 Å². The fourth-order valence-corrected chi connectivity index (χ4v) is 4.74. The predicted octanol–water partition coefficient (Wildman–Crippen LogP) is 4.41. The Morgan fingerprint density at radius 2 is 1.93 bits per heavy atom. The van der Waals surface area contributed by atoms with Gasteiger partial charge in [-0.2, -0.15) is 0 Å². The second-order valence-electron chi connectivity index (χ2n) is 8.85. The molecule has 0 radical (unpaired) electrons. The lowest BCUT2D eigenvalue weighted by molar-refractivity contribution is 0.0611. The Morgan fingerprint density at radius 1 is 1.20 bits per heavy atom. The Hall–Kier alpha value is -2.38. The molecule has 6 nitrogen and oxygen atoms in total. The van der Waals surface area contributed by atoms with Crippen LogP contribution in [0.3, 0.4) is 0 Å². The van der Waals surface area contributed by atoms with Gasteiger partial charge in [0, 0.05) is 41.2 Å². The molecule has 1 aliphatic rings. The number of ether oxygens (including phenoxy) is 1. The van der Waals surface area contributed by atoms with Crippen molar-refractivity contribution in [3.8, 4) is 0 Å². The Kier molecular flexibility index (Phi) is 5.84. The molecule has 3 heterocycles. The smallest absolute Gasteiger partial charge is 0.267 e. The molecule has 0 unspecified atom stereocenters. The van der Waals surface area contributed by atoms with Crippen molar-refractivity contribution in [3.63, 3.8) is 0 Å². The van der Waals surface area contributed by atoms with Crippen LogP contribution in [0.5, 0.6) is 0 Å². The van der Waals surface area contributed by atoms with Crippen LogP contribution in [-0.2, 0) is 16.7 Å². The number of amides is 1. The van der Waals surface area contributed by atoms with Gasteiger partial charge in [-0.15, -0.1) is 0 Å². The highest BCUT2D eigenvalue weighted by Gasteiger charge is 2.25. The first kappa shape index (κ1) is 20.9. The van der Waals surface area contributed by atoms with Crippen LogP contribution in [0.2, 0.25) is 0 Å². The monoisotopic (exact) mass is 424 g/mol. The van der Waals surface area contributed by atoms with Gasteiger partial charge in [0.1, 0.15) is 11.5 Å². The molecule has 1 aromatic carbocycles. The molecule has 1 saturated heterocycles. The van der Waals surface area contributed by atoms with Gasteiger partial charge in [0.05, 0.1) is 11.0 Å². The van der Waals surface area contributed by atoms with E-state index < -0.39 is 5.91 Å². The van der Waals surface area contributed by atoms with Gasteiger partial charge < -0.3 is 15.0 Å². The number of carbonyl (C=O) groups excluding carboxylic acids is 1. The van der Waals surface area contributed by atoms with Gasteiger partial charge in [0.25, 0.3) is 5.91 Å². The van der Waals surface area contributed by atoms with Crippen LogP contribution < -0.4 is 5.73 Å². The Bertz CT molecular complexity index is 1060. The molecule has 4 rings (SSSR count). The fraction of sp³-hybridized carbons (Fsp3) is 0.435. The molecule has 3 aromatic rings. The summed E-state index contributed by atoms with van der Waals surface area (Å²) in [5.74, 6) is 1.22. The van der Waals surface area contributed by atoms with E-state index in [-0.39, 0.29) is 11.1 Å². The lowest BCUT2D eigenvalue weighted by atomic mass is 9.94. The summed E-state index contributed by atoms with van der Waals surface area (Å²) in [6.45, 7) is 9.32. The van der Waals surface area contributed by atoms with Crippen LogP contribution in [-0.4, -0.2) is 33.7 Å². The van der Waals surface area contributed by atoms with E-state index >= 15 is 0 Å². The first-order valence-corrected chi connectivity index (χ1v) is 11.1. The third kappa shape index (κ3) is 4.52. The molecule has 158 valence electrons. The normalized spacial score (nSPS) is 15.6. The van der Waals surface area contributed by atoms with Crippen molar-refractivity contribution in [2.45, 2.75) is 55.4 Å². The van der Waals surface area contributed by atoms with Crippen LogP contribution >= 0.6 is 11.8 Å². The van der Waals surface area contributed by atoms with Crippen LogP contribution in [0, 0.1) is 5.92 Å². The molecule has 1 fully saturated rings. The van der Waals surface area contributed by atoms with E-state index in [0.717, 1.165) is 53.7 Å². The van der Waals surface area contributed by atoms with E-state index in [1.54, 1.807) is 24.0 Å². The second kappa shape index (κ2) is 8.40. The SMILES string of the molecule is CC(C)(C)c1nc2cc(Sc3ccnc(C(N)=O)c3)ccc2n1CC1CCOCC1. The first-order valence-electron chi connectivity index (χ1n) is 10.3. The molecule has 0 atom stereocenters. The summed E-state index contributed by atoms with van der Waals surface area (Å²) in [5, 5.41) is 0. The minimum atomic E-state index is -0.519. The number of carbonyl (C=O) groups is 1. The maximum Gasteiger partial charge on any atom is 0.267 e. The molecule has 1 amide bonds. The maximum absolute atomic E-state index is 11.4. The minimum Gasteiger partial charge on any atom is -0.381 e. The van der Waals surface area contributed by atoms with Crippen molar-refractivity contribution < 1.29 is 9.53 Å². The first-order chi connectivity index (χ1) is 14.3. The summed E-state index contributed by atoms with van der Waals surface area (Å²) in [6.07, 6.45) is 3.81. The number of benzene rings is 1. The quantitative estimate of drug-likeness (QED) is 0.656. The Labute approximate surface area is 181 Å². The predicted molar refractivity (Wildman–Crippen MR) is 119 cm³/mol. The van der Waals surface area contributed by atoms with Gasteiger partial charge >= 0.3 is 0 Å². The summed E-state index contributed by atoms with van der Waals surface area (Å²) >= 11 is 1.58. The van der Waals surface area contributed by atoms with Gasteiger partial charge in [-0.3, -0.25) is 9.78 Å². The van der Waals surface area contributed by atoms with Gasteiger partial charge in [-0.25, -0.2) is 4.98 Å². The van der Waals surface area contributed by atoms with Crippen LogP contribution in [0.1, 0.15) is 49.9 Å². The summed E-state index contributed by atoms with van der Waals surface area (Å²) in [5.41, 5.74) is 7.76. The van der Waals surface area contributed by atoms with E-state index in [1.807, 2.05) is 6.07 Å². The molecular weight excluding hydrogens is 396 g/mol. The topological polar surface area (TPSA) is 83.0 Å². The Morgan fingerprint density at radius 3 is 2.63 bits per heavy atom. The van der Waals surface area contributed by atoms with Crippen molar-refractivity contribution in [1.29, 1.82) is 0 Å². The third-order valence-corrected chi connectivity index (χ3v) is 6.37. The van der Waals surface area contributed by atoms with E-state index in [2.05, 4.69) is 48.5 Å². The second-order valence-corrected chi connectivity index (χ2v) is 9.99. The molecule has 7 heteroatoms. The average molecular weight is 425 g/mol. The number of nitrogens with two attached hydrogens (primary N) is 1. The summed E-state index contributed by atoms with van der Waals surface area (Å²) in [6, 6.07) is 10.0. The molecule has 0 bridgehead atoms. The van der Waals surface area contributed by atoms with Crippen LogP contribution in [0.15, 0.2) is 46.3 Å². The number of fused-ring (bicyclic) bond motifs is 1. The highest BCUT2D eigenvalue weighted by atomic mass is 32.2. The van der Waals surface area contributed by atoms with Crippen molar-refractivity contribution in [2.75, 3.05) is 13.2 Å². The fourth-order valence-electron chi connectivity index (χ4n) is 3.86. The van der Waals surface area contributed by atoms with Crippen molar-refractivity contribution >= 4 is 28.7 Å². The van der Waals surface area contributed by atoms with Crippen molar-refractivity contribution in [1.82, 2.24) is 14.5 Å². The zero-order valence-electron chi connectivity index (χ0n) is 17.7. The minimum absolute atomic E-state index is 0.0427. The Balaban J connectivity index is 1.67. The van der Waals surface area contributed by atoms with E-state index in [9.17, 15) is 4.79 Å². The largest absolute Gasteiger partial charge is 0.381 e. The lowest BCUT2D eigenvalue weighted by Crippen LogP contribution is -2.25. The van der Waals surface area contributed by atoms with E-state index in [1.165, 1.54) is 5.52 Å². The average Bonchev–Trinajstić information content (AvgIpc) is 3.07. The van der Waals surface area contributed by atoms with Crippen molar-refractivity contribution in [2.24, 2.45) is 11.7 Å². The number of imidazole rings is 1. The zero-order chi connectivity index (χ0) is 21.3. The molecule has 30 heavy (non-hydrogen) atoms. The van der Waals surface area contributed by atoms with Gasteiger partial charge in [0.15, 0.2) is 0 Å². The molecule has 0 aliphatic carbocycles. The maximum atomic E-state index is 11.4. The molecular formula is C23H28N4O2S. The summed E-state index contributed by atoms with van der Waals surface area (Å²) in [7, 11) is 0. The number of hydrogen-bond donors (Lipinski definition) is 1. The van der Waals surface area contributed by atoms with Gasteiger partial charge in [0.2, 0.25) is 0 Å². The number of pyridine rings is 1. The lowest BCUT2D eigenvalue weighted by Gasteiger charge is -2.26. The van der Waals surface area contributed by atoms with Crippen LogP contribution in [0.4, 0.5) is 0 Å². The standard InChI is InChI=1S/C23H28N4O2S/c1-23(2,3)22-26-18-12-16(30-17-6-9-25-19(13-17)21(24)28)4-5-20(18)27(22)14-15-7-10-29-11-8-15/h4-6,9,12-13,15H,7-8,10-11,14H2,1-3H3,(H2,24,28). The molecule has 0 spiro atoms. The zero-order valence-corrected chi connectivity index (χ0v) is 18.5. The number of rotatable bonds is 5. The number of nitrogens with zero attached hydrogens (tertiary/aromatic N) is 3. The molecule has 0 saturated carbocycles. The number of primary amides is 1. The summed E-state index contributed by atoms with van der Waals surface area (Å²) < 4.78 is 7.94.